The Morgan fingerprint density at radius 2 is 1.21 bits per heavy atom. The summed E-state index contributed by atoms with van der Waals surface area (Å²) in [5, 5.41) is 20.5. The molecule has 0 aliphatic heterocycles. The first-order chi connectivity index (χ1) is 8.91. The van der Waals surface area contributed by atoms with Crippen molar-refractivity contribution in [2.45, 2.75) is 0 Å². The Morgan fingerprint density at radius 3 is 1.42 bits per heavy atom. The molecule has 19 heavy (non-hydrogen) atoms. The summed E-state index contributed by atoms with van der Waals surface area (Å²) in [5.74, 6) is 0. The number of nitro benzene ring substituents is 2. The van der Waals surface area contributed by atoms with Gasteiger partial charge in [0.1, 0.15) is 0 Å². The average Bonchev–Trinajstić information content (AvgIpc) is 2.73. The second-order valence-electron chi connectivity index (χ2n) is 3.05. The summed E-state index contributed by atoms with van der Waals surface area (Å²) < 4.78 is 2.33. The third-order valence-corrected chi connectivity index (χ3v) is 3.98. The first-order valence-electron chi connectivity index (χ1n) is 4.70. The van der Waals surface area contributed by atoms with Gasteiger partial charge in [0.05, 0.1) is 17.4 Å². The number of hydrogen-bond donors (Lipinski definition) is 0. The standard InChI is InChI=1S/C6H4N2O4.C4H2Br2S/c9-7(10)5-3-1-2-4-6(5)8(11)12;5-3-1-2-4(6)7-3/h1-4H;1-2H. The summed E-state index contributed by atoms with van der Waals surface area (Å²) in [6.45, 7) is 0. The van der Waals surface area contributed by atoms with Crippen molar-refractivity contribution in [1.29, 1.82) is 0 Å². The van der Waals surface area contributed by atoms with Crippen LogP contribution in [0.4, 0.5) is 11.4 Å². The van der Waals surface area contributed by atoms with Crippen LogP contribution < -0.4 is 0 Å². The van der Waals surface area contributed by atoms with Crippen LogP contribution in [-0.2, 0) is 0 Å². The highest BCUT2D eigenvalue weighted by Crippen LogP contribution is 2.26. The molecular weight excluding hydrogens is 404 g/mol. The summed E-state index contributed by atoms with van der Waals surface area (Å²) in [5.41, 5.74) is -0.968. The van der Waals surface area contributed by atoms with Gasteiger partial charge in [0, 0.05) is 12.1 Å². The molecule has 0 aliphatic carbocycles. The highest BCUT2D eigenvalue weighted by atomic mass is 79.9. The van der Waals surface area contributed by atoms with E-state index in [1.165, 1.54) is 19.7 Å². The summed E-state index contributed by atoms with van der Waals surface area (Å²) in [7, 11) is 0. The molecule has 100 valence electrons. The maximum atomic E-state index is 10.2. The van der Waals surface area contributed by atoms with Crippen LogP contribution >= 0.6 is 43.2 Å². The molecule has 1 aromatic heterocycles. The van der Waals surface area contributed by atoms with Gasteiger partial charge in [-0.1, -0.05) is 12.1 Å². The van der Waals surface area contributed by atoms with E-state index in [2.05, 4.69) is 31.9 Å². The predicted octanol–water partition coefficient (Wildman–Crippen LogP) is 4.78. The molecule has 2 aromatic rings. The van der Waals surface area contributed by atoms with Crippen LogP contribution in [0.15, 0.2) is 44.0 Å². The minimum atomic E-state index is -0.780. The van der Waals surface area contributed by atoms with E-state index in [1.54, 1.807) is 11.3 Å². The van der Waals surface area contributed by atoms with Crippen molar-refractivity contribution in [3.05, 3.63) is 64.2 Å². The summed E-state index contributed by atoms with van der Waals surface area (Å²) in [6.07, 6.45) is 0. The maximum Gasteiger partial charge on any atom is 0.346 e. The van der Waals surface area contributed by atoms with E-state index < -0.39 is 21.2 Å². The molecule has 0 spiro atoms. The second-order valence-corrected chi connectivity index (χ2v) is 6.89. The van der Waals surface area contributed by atoms with Crippen LogP contribution in [0.5, 0.6) is 0 Å². The molecule has 9 heteroatoms. The topological polar surface area (TPSA) is 86.3 Å². The van der Waals surface area contributed by atoms with Gasteiger partial charge in [-0.25, -0.2) is 0 Å². The first kappa shape index (κ1) is 15.7. The van der Waals surface area contributed by atoms with Gasteiger partial charge in [-0.3, -0.25) is 20.2 Å². The number of thiophene rings is 1. The smallest absolute Gasteiger partial charge is 0.258 e. The van der Waals surface area contributed by atoms with Crippen molar-refractivity contribution in [2.75, 3.05) is 0 Å². The number of rotatable bonds is 2. The number of hydrogen-bond acceptors (Lipinski definition) is 5. The van der Waals surface area contributed by atoms with Crippen molar-refractivity contribution in [3.8, 4) is 0 Å². The Balaban J connectivity index is 0.000000218. The van der Waals surface area contributed by atoms with Crippen molar-refractivity contribution in [2.24, 2.45) is 0 Å². The van der Waals surface area contributed by atoms with E-state index >= 15 is 0 Å². The van der Waals surface area contributed by atoms with Crippen molar-refractivity contribution in [3.63, 3.8) is 0 Å². The number of nitro groups is 2. The lowest BCUT2D eigenvalue weighted by atomic mass is 10.3. The Hall–Kier alpha value is -1.32. The molecule has 1 heterocycles. The SMILES string of the molecule is Brc1ccc(Br)s1.O=[N+]([O-])c1ccccc1[N+](=O)[O-]. The Morgan fingerprint density at radius 1 is 0.842 bits per heavy atom. The Kier molecular flexibility index (Phi) is 6.06. The number of halogens is 2. The minimum absolute atomic E-state index is 0.484. The molecule has 0 N–H and O–H groups in total. The third-order valence-electron chi connectivity index (χ3n) is 1.82. The lowest BCUT2D eigenvalue weighted by Crippen LogP contribution is -1.95. The number of para-hydroxylation sites is 2. The molecule has 0 saturated heterocycles. The first-order valence-corrected chi connectivity index (χ1v) is 7.10. The highest BCUT2D eigenvalue weighted by molar-refractivity contribution is 9.12. The average molecular weight is 410 g/mol. The van der Waals surface area contributed by atoms with Crippen LogP contribution in [-0.4, -0.2) is 9.85 Å². The van der Waals surface area contributed by atoms with E-state index in [-0.39, 0.29) is 0 Å². The highest BCUT2D eigenvalue weighted by Gasteiger charge is 2.21. The van der Waals surface area contributed by atoms with Crippen LogP contribution in [0.25, 0.3) is 0 Å². The van der Waals surface area contributed by atoms with E-state index in [4.69, 9.17) is 0 Å². The summed E-state index contributed by atoms with van der Waals surface area (Å²) in [4.78, 5) is 18.9. The quantitative estimate of drug-likeness (QED) is 0.527. The fourth-order valence-electron chi connectivity index (χ4n) is 1.07. The minimum Gasteiger partial charge on any atom is -0.258 e. The second kappa shape index (κ2) is 7.31. The van der Waals surface area contributed by atoms with Crippen LogP contribution in [0.3, 0.4) is 0 Å². The molecule has 0 amide bonds. The summed E-state index contributed by atoms with van der Waals surface area (Å²) >= 11 is 8.32. The normalized spacial score (nSPS) is 9.37. The molecule has 0 atom stereocenters. The van der Waals surface area contributed by atoms with Crippen LogP contribution in [0, 0.1) is 20.2 Å². The van der Waals surface area contributed by atoms with Gasteiger partial charge in [0.2, 0.25) is 0 Å². The number of nitrogens with zero attached hydrogens (tertiary/aromatic N) is 2. The fraction of sp³-hybridized carbons (Fsp3) is 0. The maximum absolute atomic E-state index is 10.2. The van der Waals surface area contributed by atoms with Gasteiger partial charge in [0.25, 0.3) is 0 Å². The molecule has 0 aliphatic rings. The van der Waals surface area contributed by atoms with Gasteiger partial charge >= 0.3 is 11.4 Å². The molecule has 0 bridgehead atoms. The van der Waals surface area contributed by atoms with E-state index in [0.29, 0.717) is 0 Å². The van der Waals surface area contributed by atoms with Crippen molar-refractivity contribution in [1.82, 2.24) is 0 Å². The lowest BCUT2D eigenvalue weighted by molar-refractivity contribution is -0.422. The van der Waals surface area contributed by atoms with Crippen LogP contribution in [0.2, 0.25) is 0 Å². The molecule has 6 nitrogen and oxygen atoms in total. The zero-order valence-electron chi connectivity index (χ0n) is 9.16. The number of benzene rings is 1. The monoisotopic (exact) mass is 408 g/mol. The third kappa shape index (κ3) is 5.05. The van der Waals surface area contributed by atoms with E-state index in [1.807, 2.05) is 12.1 Å². The molecule has 0 radical (unpaired) electrons. The molecule has 1 aromatic carbocycles. The largest absolute Gasteiger partial charge is 0.346 e. The Labute approximate surface area is 128 Å². The van der Waals surface area contributed by atoms with Gasteiger partial charge in [-0.2, -0.15) is 0 Å². The Bertz CT molecular complexity index is 553. The molecule has 2 rings (SSSR count). The van der Waals surface area contributed by atoms with Crippen LogP contribution in [0.1, 0.15) is 0 Å². The van der Waals surface area contributed by atoms with Crippen molar-refractivity contribution < 1.29 is 9.85 Å². The predicted molar refractivity (Wildman–Crippen MR) is 79.5 cm³/mol. The molecule has 0 unspecified atom stereocenters. The zero-order chi connectivity index (χ0) is 14.4. The van der Waals surface area contributed by atoms with Gasteiger partial charge in [-0.15, -0.1) is 11.3 Å². The molecular formula is C10H6Br2N2O4S. The van der Waals surface area contributed by atoms with Gasteiger partial charge < -0.3 is 0 Å². The van der Waals surface area contributed by atoms with Gasteiger partial charge in [0.15, 0.2) is 0 Å². The zero-order valence-corrected chi connectivity index (χ0v) is 13.1. The lowest BCUT2D eigenvalue weighted by Gasteiger charge is -1.91. The summed E-state index contributed by atoms with van der Waals surface area (Å²) in [6, 6.07) is 8.97. The van der Waals surface area contributed by atoms with E-state index in [0.717, 1.165) is 12.1 Å². The fourth-order valence-corrected chi connectivity index (χ4v) is 3.49. The van der Waals surface area contributed by atoms with Gasteiger partial charge in [-0.05, 0) is 44.0 Å². The van der Waals surface area contributed by atoms with E-state index in [9.17, 15) is 20.2 Å². The molecule has 0 saturated carbocycles. The van der Waals surface area contributed by atoms with Crippen molar-refractivity contribution >= 4 is 54.6 Å². The molecule has 0 fully saturated rings.